The van der Waals surface area contributed by atoms with Crippen molar-refractivity contribution in [1.29, 1.82) is 0 Å². The summed E-state index contributed by atoms with van der Waals surface area (Å²) in [6, 6.07) is 8.11. The normalized spacial score (nSPS) is 16.4. The molecule has 0 unspecified atom stereocenters. The van der Waals surface area contributed by atoms with Crippen molar-refractivity contribution >= 4 is 38.6 Å². The van der Waals surface area contributed by atoms with Gasteiger partial charge in [-0.2, -0.15) is 0 Å². The van der Waals surface area contributed by atoms with Gasteiger partial charge in [-0.15, -0.1) is 0 Å². The number of aromatic nitrogens is 3. The molecule has 1 aliphatic heterocycles. The average molecular weight is 559 g/mol. The molecule has 0 saturated carbocycles. The van der Waals surface area contributed by atoms with Crippen molar-refractivity contribution in [1.82, 2.24) is 14.5 Å². The molecule has 0 spiro atoms. The maximum atomic E-state index is 13.1. The molecule has 1 fully saturated rings. The van der Waals surface area contributed by atoms with Gasteiger partial charge < -0.3 is 19.5 Å². The summed E-state index contributed by atoms with van der Waals surface area (Å²) in [6.07, 6.45) is 1.79. The van der Waals surface area contributed by atoms with E-state index in [9.17, 15) is 23.1 Å². The van der Waals surface area contributed by atoms with Gasteiger partial charge in [-0.3, -0.25) is 0 Å². The highest BCUT2D eigenvalue weighted by atomic mass is 32.2. The Balaban J connectivity index is 1.81. The molecule has 0 bridgehead atoms. The molecular formula is C27H34N4O7S. The second-order valence-corrected chi connectivity index (χ2v) is 12.7. The molecule has 0 radical (unpaired) electrons. The fourth-order valence-corrected chi connectivity index (χ4v) is 5.50. The van der Waals surface area contributed by atoms with Crippen LogP contribution in [-0.2, 0) is 25.1 Å². The first-order chi connectivity index (χ1) is 18.3. The minimum Gasteiger partial charge on any atom is -0.477 e. The number of rotatable bonds is 8. The minimum atomic E-state index is -3.37. The number of anilines is 1. The zero-order valence-corrected chi connectivity index (χ0v) is 23.6. The Bertz CT molecular complexity index is 1510. The van der Waals surface area contributed by atoms with E-state index in [-0.39, 0.29) is 17.5 Å². The van der Waals surface area contributed by atoms with E-state index in [0.29, 0.717) is 60.0 Å². The number of morpholine rings is 1. The zero-order chi connectivity index (χ0) is 28.5. The summed E-state index contributed by atoms with van der Waals surface area (Å²) in [5.41, 5.74) is 0.270. The number of aromatic carboxylic acids is 1. The first-order valence-corrected chi connectivity index (χ1v) is 14.9. The van der Waals surface area contributed by atoms with Crippen LogP contribution in [0.25, 0.3) is 22.3 Å². The van der Waals surface area contributed by atoms with Crippen molar-refractivity contribution in [2.24, 2.45) is 0 Å². The first-order valence-electron chi connectivity index (χ1n) is 12.8. The predicted molar refractivity (Wildman–Crippen MR) is 147 cm³/mol. The summed E-state index contributed by atoms with van der Waals surface area (Å²) >= 11 is 0. The Kier molecular flexibility index (Phi) is 7.99. The molecule has 1 saturated heterocycles. The van der Waals surface area contributed by atoms with Crippen molar-refractivity contribution in [3.63, 3.8) is 0 Å². The van der Waals surface area contributed by atoms with Gasteiger partial charge in [0.1, 0.15) is 17.1 Å². The van der Waals surface area contributed by atoms with Gasteiger partial charge in [0.25, 0.3) is 0 Å². The van der Waals surface area contributed by atoms with E-state index in [0.717, 1.165) is 17.2 Å². The van der Waals surface area contributed by atoms with Crippen LogP contribution in [0.4, 0.5) is 10.6 Å². The average Bonchev–Trinajstić information content (AvgIpc) is 3.22. The summed E-state index contributed by atoms with van der Waals surface area (Å²) in [4.78, 5) is 36.4. The third kappa shape index (κ3) is 6.56. The number of hydrogen-bond acceptors (Lipinski definition) is 9. The van der Waals surface area contributed by atoms with Crippen molar-refractivity contribution in [2.45, 2.75) is 57.9 Å². The second kappa shape index (κ2) is 10.9. The summed E-state index contributed by atoms with van der Waals surface area (Å²) in [6.45, 7) is 9.18. The molecule has 2 aromatic heterocycles. The Morgan fingerprint density at radius 1 is 1.21 bits per heavy atom. The number of carboxylic acid groups (broad SMARTS) is 1. The number of carbonyl (C=O) groups excluding carboxylic acids is 1. The van der Waals surface area contributed by atoms with Gasteiger partial charge in [0.2, 0.25) is 0 Å². The predicted octanol–water partition coefficient (Wildman–Crippen LogP) is 4.13. The highest BCUT2D eigenvalue weighted by molar-refractivity contribution is 7.89. The quantitative estimate of drug-likeness (QED) is 0.429. The van der Waals surface area contributed by atoms with Gasteiger partial charge in [0.05, 0.1) is 36.2 Å². The third-order valence-corrected chi connectivity index (χ3v) is 7.33. The summed E-state index contributed by atoms with van der Waals surface area (Å²) in [7, 11) is -3.37. The van der Waals surface area contributed by atoms with Crippen molar-refractivity contribution < 1.29 is 32.6 Å². The van der Waals surface area contributed by atoms with Crippen molar-refractivity contribution in [2.75, 3.05) is 30.9 Å². The molecule has 39 heavy (non-hydrogen) atoms. The molecule has 4 rings (SSSR count). The maximum absolute atomic E-state index is 13.1. The largest absolute Gasteiger partial charge is 0.477 e. The lowest BCUT2D eigenvalue weighted by molar-refractivity contribution is 0.0324. The van der Waals surface area contributed by atoms with Gasteiger partial charge in [-0.25, -0.2) is 32.5 Å². The molecule has 0 amide bonds. The van der Waals surface area contributed by atoms with E-state index < -0.39 is 27.5 Å². The highest BCUT2D eigenvalue weighted by Gasteiger charge is 2.28. The van der Waals surface area contributed by atoms with Crippen LogP contribution in [0.2, 0.25) is 0 Å². The SMILES string of the molecule is CCCC(C)(C)OC(=O)n1c(C(=O)O)cc2cc(-c3nc(CS(C)(=O)=O)cc(N4CCOC[C@@H]4C)n3)ccc21. The van der Waals surface area contributed by atoms with E-state index in [1.807, 2.05) is 18.7 Å². The van der Waals surface area contributed by atoms with Crippen LogP contribution in [0.5, 0.6) is 0 Å². The van der Waals surface area contributed by atoms with Crippen LogP contribution in [0.3, 0.4) is 0 Å². The van der Waals surface area contributed by atoms with E-state index in [2.05, 4.69) is 4.98 Å². The van der Waals surface area contributed by atoms with Gasteiger partial charge in [-0.1, -0.05) is 13.3 Å². The Labute approximate surface area is 227 Å². The first kappa shape index (κ1) is 28.5. The standard InChI is InChI=1S/C27H34N4O7S/c1-6-9-27(3,4)38-26(34)31-21-8-7-18(12-19(21)13-22(31)25(32)33)24-28-20(16-39(5,35)36)14-23(29-24)30-10-11-37-15-17(30)2/h7-8,12-14,17H,6,9-11,15-16H2,1-5H3,(H,32,33)/t17-/m0/s1. The Morgan fingerprint density at radius 3 is 2.59 bits per heavy atom. The number of sulfone groups is 1. The molecule has 0 aliphatic carbocycles. The molecule has 1 atom stereocenters. The Morgan fingerprint density at radius 2 is 1.95 bits per heavy atom. The number of fused-ring (bicyclic) bond motifs is 1. The zero-order valence-electron chi connectivity index (χ0n) is 22.8. The molecular weight excluding hydrogens is 524 g/mol. The van der Waals surface area contributed by atoms with Crippen LogP contribution >= 0.6 is 0 Å². The fraction of sp³-hybridized carbons (Fsp3) is 0.481. The van der Waals surface area contributed by atoms with Crippen LogP contribution in [0.1, 0.15) is 56.7 Å². The lowest BCUT2D eigenvalue weighted by Gasteiger charge is -2.34. The van der Waals surface area contributed by atoms with Crippen molar-refractivity contribution in [3.05, 3.63) is 41.7 Å². The molecule has 1 N–H and O–H groups in total. The highest BCUT2D eigenvalue weighted by Crippen LogP contribution is 2.29. The third-order valence-electron chi connectivity index (χ3n) is 6.51. The van der Waals surface area contributed by atoms with Gasteiger partial charge in [-0.05, 0) is 51.5 Å². The maximum Gasteiger partial charge on any atom is 0.419 e. The summed E-state index contributed by atoms with van der Waals surface area (Å²) < 4.78 is 36.4. The Hall–Kier alpha value is -3.51. The lowest BCUT2D eigenvalue weighted by Crippen LogP contribution is -2.44. The smallest absolute Gasteiger partial charge is 0.419 e. The van der Waals surface area contributed by atoms with Gasteiger partial charge in [0.15, 0.2) is 15.7 Å². The van der Waals surface area contributed by atoms with Crippen molar-refractivity contribution in [3.8, 4) is 11.4 Å². The number of benzene rings is 1. The van der Waals surface area contributed by atoms with Gasteiger partial charge in [0, 0.05) is 29.8 Å². The van der Waals surface area contributed by atoms with Gasteiger partial charge >= 0.3 is 12.1 Å². The van der Waals surface area contributed by atoms with Crippen LogP contribution in [0.15, 0.2) is 30.3 Å². The van der Waals surface area contributed by atoms with Crippen LogP contribution in [0, 0.1) is 0 Å². The molecule has 1 aromatic carbocycles. The summed E-state index contributed by atoms with van der Waals surface area (Å²) in [5, 5.41) is 10.3. The molecule has 11 nitrogen and oxygen atoms in total. The minimum absolute atomic E-state index is 0.0326. The fourth-order valence-electron chi connectivity index (χ4n) is 4.81. The second-order valence-electron chi connectivity index (χ2n) is 10.5. The van der Waals surface area contributed by atoms with E-state index in [1.165, 1.54) is 6.07 Å². The number of carbonyl (C=O) groups is 2. The monoisotopic (exact) mass is 558 g/mol. The van der Waals surface area contributed by atoms with Crippen LogP contribution in [-0.4, -0.2) is 77.8 Å². The number of nitrogens with zero attached hydrogens (tertiary/aromatic N) is 4. The summed E-state index contributed by atoms with van der Waals surface area (Å²) in [5.74, 6) is -0.647. The number of hydrogen-bond donors (Lipinski definition) is 1. The molecule has 3 aromatic rings. The molecule has 12 heteroatoms. The number of ether oxygens (including phenoxy) is 2. The van der Waals surface area contributed by atoms with E-state index in [1.54, 1.807) is 38.1 Å². The van der Waals surface area contributed by atoms with E-state index in [4.69, 9.17) is 14.5 Å². The molecule has 3 heterocycles. The molecule has 1 aliphatic rings. The number of carboxylic acids is 1. The topological polar surface area (TPSA) is 141 Å². The lowest BCUT2D eigenvalue weighted by atomic mass is 10.0. The van der Waals surface area contributed by atoms with Crippen LogP contribution < -0.4 is 4.90 Å². The van der Waals surface area contributed by atoms with E-state index >= 15 is 0 Å². The molecule has 210 valence electrons.